The number of unbranched alkanes of at least 4 members (excludes halogenated alkanes) is 1. The van der Waals surface area contributed by atoms with Gasteiger partial charge < -0.3 is 20.4 Å². The van der Waals surface area contributed by atoms with Crippen LogP contribution in [-0.2, 0) is 4.79 Å². The van der Waals surface area contributed by atoms with Gasteiger partial charge in [-0.1, -0.05) is 35.5 Å². The molecule has 0 aromatic heterocycles. The van der Waals surface area contributed by atoms with Crippen LogP contribution in [0.2, 0.25) is 0 Å². The third kappa shape index (κ3) is 9.18. The normalized spacial score (nSPS) is 24.9. The van der Waals surface area contributed by atoms with Crippen LogP contribution in [0.1, 0.15) is 72.1 Å². The lowest BCUT2D eigenvalue weighted by molar-refractivity contribution is -0.137. The van der Waals surface area contributed by atoms with Gasteiger partial charge in [-0.25, -0.2) is 0 Å². The number of hydrogen-bond acceptors (Lipinski definition) is 4. The number of allylic oxidation sites excluding steroid dienone is 3. The molecule has 0 bridgehead atoms. The van der Waals surface area contributed by atoms with Crippen molar-refractivity contribution in [2.45, 2.75) is 90.4 Å². The Morgan fingerprint density at radius 1 is 1.18 bits per heavy atom. The molecular weight excluding hydrogens is 356 g/mol. The topological polar surface area (TPSA) is 98.0 Å². The van der Waals surface area contributed by atoms with Crippen LogP contribution < -0.4 is 0 Å². The van der Waals surface area contributed by atoms with Crippen molar-refractivity contribution in [3.05, 3.63) is 35.5 Å². The SMILES string of the molecule is CC(C)=C1C[C@@H](O)[C@H](/C=C/[C@@H](O)CCC[C@@H](C)O)[C@H]1C/C=C\CCCC(=O)O. The molecule has 0 radical (unpaired) electrons. The van der Waals surface area contributed by atoms with Gasteiger partial charge in [0.15, 0.2) is 0 Å². The molecule has 1 rings (SSSR count). The number of aliphatic hydroxyl groups is 3. The maximum absolute atomic E-state index is 10.6. The van der Waals surface area contributed by atoms with Crippen molar-refractivity contribution in [2.24, 2.45) is 11.8 Å². The van der Waals surface area contributed by atoms with Gasteiger partial charge in [0.2, 0.25) is 0 Å². The number of carboxylic acids is 1. The van der Waals surface area contributed by atoms with Crippen LogP contribution in [-0.4, -0.2) is 44.7 Å². The Labute approximate surface area is 169 Å². The summed E-state index contributed by atoms with van der Waals surface area (Å²) in [6, 6.07) is 0. The Morgan fingerprint density at radius 2 is 1.89 bits per heavy atom. The largest absolute Gasteiger partial charge is 0.481 e. The fraction of sp³-hybridized carbons (Fsp3) is 0.696. The molecule has 4 N–H and O–H groups in total. The molecule has 0 aromatic carbocycles. The first-order valence-electron chi connectivity index (χ1n) is 10.5. The molecule has 1 aliphatic carbocycles. The maximum Gasteiger partial charge on any atom is 0.303 e. The number of rotatable bonds is 12. The van der Waals surface area contributed by atoms with Gasteiger partial charge >= 0.3 is 5.97 Å². The molecule has 0 amide bonds. The lowest BCUT2D eigenvalue weighted by Crippen LogP contribution is -2.18. The maximum atomic E-state index is 10.6. The summed E-state index contributed by atoms with van der Waals surface area (Å²) in [6.45, 7) is 5.89. The van der Waals surface area contributed by atoms with Gasteiger partial charge in [-0.2, -0.15) is 0 Å². The molecular formula is C23H38O5. The third-order valence-corrected chi connectivity index (χ3v) is 5.42. The number of hydrogen-bond donors (Lipinski definition) is 4. The highest BCUT2D eigenvalue weighted by atomic mass is 16.4. The van der Waals surface area contributed by atoms with E-state index in [1.54, 1.807) is 13.0 Å². The summed E-state index contributed by atoms with van der Waals surface area (Å²) in [5, 5.41) is 38.7. The van der Waals surface area contributed by atoms with Crippen molar-refractivity contribution >= 4 is 5.97 Å². The molecule has 5 nitrogen and oxygen atoms in total. The second-order valence-electron chi connectivity index (χ2n) is 8.21. The molecule has 1 saturated carbocycles. The van der Waals surface area contributed by atoms with Crippen molar-refractivity contribution in [3.63, 3.8) is 0 Å². The predicted octanol–water partition coefficient (Wildman–Crippen LogP) is 3.99. The number of carboxylic acid groups (broad SMARTS) is 1. The summed E-state index contributed by atoms with van der Waals surface area (Å²) in [7, 11) is 0. The molecule has 0 spiro atoms. The second-order valence-corrected chi connectivity index (χ2v) is 8.21. The second kappa shape index (κ2) is 12.9. The lowest BCUT2D eigenvalue weighted by atomic mass is 9.87. The summed E-state index contributed by atoms with van der Waals surface area (Å²) >= 11 is 0. The molecule has 5 heteroatoms. The van der Waals surface area contributed by atoms with E-state index in [1.807, 2.05) is 12.2 Å². The van der Waals surface area contributed by atoms with Gasteiger partial charge in [0.25, 0.3) is 0 Å². The monoisotopic (exact) mass is 394 g/mol. The van der Waals surface area contributed by atoms with Gasteiger partial charge in [0.1, 0.15) is 0 Å². The Kier molecular flexibility index (Phi) is 11.4. The van der Waals surface area contributed by atoms with Crippen LogP contribution in [0, 0.1) is 11.8 Å². The van der Waals surface area contributed by atoms with Crippen molar-refractivity contribution < 1.29 is 25.2 Å². The molecule has 0 aromatic rings. The van der Waals surface area contributed by atoms with E-state index in [9.17, 15) is 20.1 Å². The molecule has 0 aliphatic heterocycles. The van der Waals surface area contributed by atoms with E-state index in [1.165, 1.54) is 11.1 Å². The molecule has 28 heavy (non-hydrogen) atoms. The lowest BCUT2D eigenvalue weighted by Gasteiger charge is -2.19. The van der Waals surface area contributed by atoms with Gasteiger partial charge in [0.05, 0.1) is 18.3 Å². The zero-order chi connectivity index (χ0) is 21.1. The first kappa shape index (κ1) is 24.6. The van der Waals surface area contributed by atoms with E-state index < -0.39 is 18.2 Å². The van der Waals surface area contributed by atoms with Crippen molar-refractivity contribution in [3.8, 4) is 0 Å². The zero-order valence-corrected chi connectivity index (χ0v) is 17.6. The fourth-order valence-electron chi connectivity index (χ4n) is 3.86. The highest BCUT2D eigenvalue weighted by Gasteiger charge is 2.36. The molecule has 5 atom stereocenters. The van der Waals surface area contributed by atoms with Crippen LogP contribution in [0.4, 0.5) is 0 Å². The van der Waals surface area contributed by atoms with Crippen LogP contribution in [0.3, 0.4) is 0 Å². The first-order chi connectivity index (χ1) is 13.2. The minimum atomic E-state index is -0.767. The van der Waals surface area contributed by atoms with E-state index in [-0.39, 0.29) is 24.4 Å². The van der Waals surface area contributed by atoms with E-state index in [0.29, 0.717) is 25.7 Å². The predicted molar refractivity (Wildman–Crippen MR) is 112 cm³/mol. The Hall–Kier alpha value is -1.43. The fourth-order valence-corrected chi connectivity index (χ4v) is 3.86. The Morgan fingerprint density at radius 3 is 2.50 bits per heavy atom. The average molecular weight is 395 g/mol. The summed E-state index contributed by atoms with van der Waals surface area (Å²) in [5.41, 5.74) is 2.51. The average Bonchev–Trinajstić information content (AvgIpc) is 2.91. The minimum Gasteiger partial charge on any atom is -0.481 e. The minimum absolute atomic E-state index is 0.0278. The molecule has 0 heterocycles. The molecule has 0 unspecified atom stereocenters. The van der Waals surface area contributed by atoms with Crippen molar-refractivity contribution in [2.75, 3.05) is 0 Å². The van der Waals surface area contributed by atoms with E-state index in [0.717, 1.165) is 19.3 Å². The van der Waals surface area contributed by atoms with E-state index >= 15 is 0 Å². The molecule has 1 fully saturated rings. The van der Waals surface area contributed by atoms with E-state index in [2.05, 4.69) is 19.9 Å². The highest BCUT2D eigenvalue weighted by molar-refractivity contribution is 5.66. The standard InChI is InChI=1S/C23H38O5/c1-16(2)21-15-22(26)20(14-13-18(25)10-8-9-17(3)24)19(21)11-6-4-5-7-12-23(27)28/h4,6,13-14,17-20,22,24-26H,5,7-12,15H2,1-3H3,(H,27,28)/b6-4-,14-13+/t17-,18+,19-,20-,22-/m1/s1. The van der Waals surface area contributed by atoms with Crippen LogP contribution in [0.15, 0.2) is 35.5 Å². The van der Waals surface area contributed by atoms with Crippen molar-refractivity contribution in [1.82, 2.24) is 0 Å². The van der Waals surface area contributed by atoms with Gasteiger partial charge in [0, 0.05) is 12.3 Å². The summed E-state index contributed by atoms with van der Waals surface area (Å²) in [6.07, 6.45) is 11.6. The molecule has 160 valence electrons. The quantitative estimate of drug-likeness (QED) is 0.296. The van der Waals surface area contributed by atoms with Crippen LogP contribution >= 0.6 is 0 Å². The van der Waals surface area contributed by atoms with Crippen molar-refractivity contribution in [1.29, 1.82) is 0 Å². The number of aliphatic carboxylic acids is 1. The molecule has 0 saturated heterocycles. The highest BCUT2D eigenvalue weighted by Crippen LogP contribution is 2.42. The molecule has 1 aliphatic rings. The number of aliphatic hydroxyl groups excluding tert-OH is 3. The summed E-state index contributed by atoms with van der Waals surface area (Å²) in [4.78, 5) is 10.6. The summed E-state index contributed by atoms with van der Waals surface area (Å²) < 4.78 is 0. The Balaban J connectivity index is 2.67. The van der Waals surface area contributed by atoms with Gasteiger partial charge in [-0.05, 0) is 71.6 Å². The van der Waals surface area contributed by atoms with Crippen LogP contribution in [0.5, 0.6) is 0 Å². The summed E-state index contributed by atoms with van der Waals surface area (Å²) in [5.74, 6) is -0.590. The number of carbonyl (C=O) groups is 1. The van der Waals surface area contributed by atoms with Crippen LogP contribution in [0.25, 0.3) is 0 Å². The Bertz CT molecular complexity index is 557. The van der Waals surface area contributed by atoms with E-state index in [4.69, 9.17) is 5.11 Å². The zero-order valence-electron chi connectivity index (χ0n) is 17.6. The van der Waals surface area contributed by atoms with Gasteiger partial charge in [-0.15, -0.1) is 0 Å². The van der Waals surface area contributed by atoms with Gasteiger partial charge in [-0.3, -0.25) is 4.79 Å². The smallest absolute Gasteiger partial charge is 0.303 e. The first-order valence-corrected chi connectivity index (χ1v) is 10.5. The third-order valence-electron chi connectivity index (χ3n) is 5.42.